The number of alkyl halides is 3. The Kier molecular flexibility index (Phi) is 12.5. The summed E-state index contributed by atoms with van der Waals surface area (Å²) in [6.45, 7) is 0. The van der Waals surface area contributed by atoms with E-state index in [-0.39, 0.29) is 16.7 Å². The van der Waals surface area contributed by atoms with E-state index < -0.39 is 11.7 Å². The molecule has 0 saturated heterocycles. The molecule has 11 aromatic carbocycles. The summed E-state index contributed by atoms with van der Waals surface area (Å²) in [7, 11) is 0. The zero-order valence-corrected chi connectivity index (χ0v) is 44.1. The van der Waals surface area contributed by atoms with Gasteiger partial charge in [0.05, 0.1) is 109 Å². The first-order valence-electron chi connectivity index (χ1n) is 26.5. The van der Waals surface area contributed by atoms with Gasteiger partial charge in [-0.05, 0) is 183 Å². The largest absolute Gasteiger partial charge is 0.417 e. The molecule has 0 aliphatic carbocycles. The van der Waals surface area contributed by atoms with Crippen molar-refractivity contribution in [1.29, 1.82) is 31.6 Å². The van der Waals surface area contributed by atoms with Crippen LogP contribution in [0.5, 0.6) is 0 Å². The van der Waals surface area contributed by atoms with Crippen molar-refractivity contribution in [2.75, 3.05) is 0 Å². The molecule has 0 spiro atoms. The van der Waals surface area contributed by atoms with Crippen LogP contribution in [0, 0.1) is 68.0 Å². The smallest absolute Gasteiger partial charge is 0.309 e. The maximum Gasteiger partial charge on any atom is 0.417 e. The molecule has 0 bridgehead atoms. The maximum atomic E-state index is 15.3. The van der Waals surface area contributed by atoms with E-state index in [0.29, 0.717) is 50.3 Å². The van der Waals surface area contributed by atoms with E-state index in [1.807, 2.05) is 121 Å². The van der Waals surface area contributed by atoms with Gasteiger partial charge < -0.3 is 9.13 Å². The highest BCUT2D eigenvalue weighted by atomic mass is 19.4. The number of nitrogens with zero attached hydrogens (tertiary/aromatic N) is 8. The summed E-state index contributed by atoms with van der Waals surface area (Å²) in [6, 6.07) is 81.1. The summed E-state index contributed by atoms with van der Waals surface area (Å²) in [5.41, 5.74) is 13.9. The third kappa shape index (κ3) is 8.87. The fourth-order valence-electron chi connectivity index (χ4n) is 11.5. The van der Waals surface area contributed by atoms with Crippen molar-refractivity contribution in [1.82, 2.24) is 9.13 Å². The topological polar surface area (TPSA) is 153 Å². The van der Waals surface area contributed by atoms with Crippen LogP contribution in [0.3, 0.4) is 0 Å². The van der Waals surface area contributed by atoms with Crippen molar-refractivity contribution in [3.8, 4) is 115 Å². The molecule has 8 nitrogen and oxygen atoms in total. The third-order valence-electron chi connectivity index (χ3n) is 15.6. The number of rotatable bonds is 8. The second-order valence-electron chi connectivity index (χ2n) is 20.3. The highest BCUT2D eigenvalue weighted by Crippen LogP contribution is 2.46. The summed E-state index contributed by atoms with van der Waals surface area (Å²) in [4.78, 5) is 0. The molecule has 0 unspecified atom stereocenters. The van der Waals surface area contributed by atoms with Crippen LogP contribution in [-0.4, -0.2) is 9.13 Å². The lowest BCUT2D eigenvalue weighted by molar-refractivity contribution is -0.137. The van der Waals surface area contributed by atoms with Crippen LogP contribution in [0.25, 0.3) is 122 Å². The number of hydrogen-bond donors (Lipinski definition) is 0. The van der Waals surface area contributed by atoms with Gasteiger partial charge in [0.25, 0.3) is 0 Å². The van der Waals surface area contributed by atoms with Crippen LogP contribution < -0.4 is 0 Å². The molecule has 0 fully saturated rings. The first-order valence-corrected chi connectivity index (χ1v) is 26.5. The normalized spacial score (nSPS) is 11.2. The fraction of sp³-hybridized carbons (Fsp3) is 0.0137. The predicted octanol–water partition coefficient (Wildman–Crippen LogP) is 18.1. The van der Waals surface area contributed by atoms with E-state index in [4.69, 9.17) is 0 Å². The van der Waals surface area contributed by atoms with Crippen molar-refractivity contribution in [2.45, 2.75) is 6.18 Å². The second-order valence-corrected chi connectivity index (χ2v) is 20.3. The number of nitriles is 6. The minimum Gasteiger partial charge on any atom is -0.309 e. The molecule has 0 radical (unpaired) electrons. The van der Waals surface area contributed by atoms with Gasteiger partial charge in [0.2, 0.25) is 0 Å². The molecule has 0 N–H and O–H groups in total. The van der Waals surface area contributed by atoms with Crippen molar-refractivity contribution in [3.05, 3.63) is 263 Å². The molecule has 0 aliphatic heterocycles. The van der Waals surface area contributed by atoms with Gasteiger partial charge in [-0.15, -0.1) is 0 Å². The van der Waals surface area contributed by atoms with Crippen molar-refractivity contribution < 1.29 is 13.2 Å². The van der Waals surface area contributed by atoms with E-state index in [1.54, 1.807) is 66.7 Å². The molecule has 2 heterocycles. The standard InChI is InChI=1S/C73H37F3N8/c74-73(75,76)66-31-48(42-81)9-24-59(66)58-19-26-61(72(37-58)84-69-29-22-56(52-15-5-46(40-79)6-16-52)35-64(69)65-36-57(23-30-70(65)84)53-17-7-47(41-80)8-18-53)60-25-10-49(43-82)32-71(60)83-67-27-20-54(50-11-1-44(38-77)2-12-50)33-62(67)63-34-55(21-28-68(63)83)51-13-3-45(39-78)4-14-51/h1-37H. The van der Waals surface area contributed by atoms with Gasteiger partial charge in [0, 0.05) is 32.7 Å². The van der Waals surface area contributed by atoms with Gasteiger partial charge in [0.1, 0.15) is 0 Å². The fourth-order valence-corrected chi connectivity index (χ4v) is 11.5. The number of halogens is 3. The van der Waals surface area contributed by atoms with Crippen LogP contribution in [-0.2, 0) is 6.18 Å². The minimum atomic E-state index is -4.83. The summed E-state index contributed by atoms with van der Waals surface area (Å²) in [5, 5.41) is 62.4. The SMILES string of the molecule is N#Cc1ccc(-c2ccc3c(c2)c2cc(-c4ccc(C#N)cc4)ccc2n3-c2cc(C#N)ccc2-c2ccc(-c3ccc(C#N)cc3C(F)(F)F)cc2-n2c3ccc(-c4ccc(C#N)cc4)cc3c3cc(-c4ccc(C#N)cc4)ccc32)cc1. The van der Waals surface area contributed by atoms with Gasteiger partial charge in [-0.3, -0.25) is 0 Å². The predicted molar refractivity (Wildman–Crippen MR) is 321 cm³/mol. The molecule has 13 aromatic rings. The highest BCUT2D eigenvalue weighted by Gasteiger charge is 2.35. The average molecular weight is 1080 g/mol. The Hall–Kier alpha value is -12.3. The molecule has 11 heteroatoms. The first kappa shape index (κ1) is 51.2. The van der Waals surface area contributed by atoms with Crippen LogP contribution in [0.15, 0.2) is 224 Å². The molecular weight excluding hydrogens is 1050 g/mol. The quantitative estimate of drug-likeness (QED) is 0.148. The lowest BCUT2D eigenvalue weighted by Crippen LogP contribution is -2.08. The second kappa shape index (κ2) is 20.4. The average Bonchev–Trinajstić information content (AvgIpc) is 2.85. The molecule has 84 heavy (non-hydrogen) atoms. The molecule has 0 atom stereocenters. The van der Waals surface area contributed by atoms with Crippen molar-refractivity contribution in [3.63, 3.8) is 0 Å². The van der Waals surface area contributed by atoms with E-state index in [1.165, 1.54) is 12.1 Å². The molecule has 2 aromatic heterocycles. The molecule has 13 rings (SSSR count). The summed E-state index contributed by atoms with van der Waals surface area (Å²) in [6.07, 6.45) is -4.83. The monoisotopic (exact) mass is 1080 g/mol. The molecule has 390 valence electrons. The van der Waals surface area contributed by atoms with Crippen LogP contribution in [0.1, 0.15) is 38.9 Å². The molecule has 0 aliphatic rings. The van der Waals surface area contributed by atoms with E-state index in [9.17, 15) is 31.6 Å². The van der Waals surface area contributed by atoms with Gasteiger partial charge >= 0.3 is 6.18 Å². The molecular formula is C73H37F3N8. The lowest BCUT2D eigenvalue weighted by Gasteiger charge is -2.21. The number of hydrogen-bond acceptors (Lipinski definition) is 6. The van der Waals surface area contributed by atoms with Crippen LogP contribution >= 0.6 is 0 Å². The van der Waals surface area contributed by atoms with Crippen molar-refractivity contribution >= 4 is 43.6 Å². The molecule has 0 saturated carbocycles. The van der Waals surface area contributed by atoms with E-state index in [0.717, 1.165) is 94.2 Å². The summed E-state index contributed by atoms with van der Waals surface area (Å²) in [5.74, 6) is 0. The first-order chi connectivity index (χ1) is 40.9. The van der Waals surface area contributed by atoms with Gasteiger partial charge in [-0.1, -0.05) is 97.1 Å². The summed E-state index contributed by atoms with van der Waals surface area (Å²) < 4.78 is 50.0. The summed E-state index contributed by atoms with van der Waals surface area (Å²) >= 11 is 0. The van der Waals surface area contributed by atoms with E-state index in [2.05, 4.69) is 63.7 Å². The van der Waals surface area contributed by atoms with E-state index >= 15 is 13.2 Å². The Balaban J connectivity index is 1.11. The number of aromatic nitrogens is 2. The molecule has 0 amide bonds. The Labute approximate surface area is 479 Å². The highest BCUT2D eigenvalue weighted by molar-refractivity contribution is 6.14. The Morgan fingerprint density at radius 2 is 0.512 bits per heavy atom. The minimum absolute atomic E-state index is 0.125. The van der Waals surface area contributed by atoms with Gasteiger partial charge in [-0.2, -0.15) is 44.7 Å². The van der Waals surface area contributed by atoms with Crippen molar-refractivity contribution in [2.24, 2.45) is 0 Å². The Morgan fingerprint density at radius 3 is 0.833 bits per heavy atom. The maximum absolute atomic E-state index is 15.3. The zero-order valence-electron chi connectivity index (χ0n) is 44.1. The lowest BCUT2D eigenvalue weighted by atomic mass is 9.93. The number of benzene rings is 11. The Bertz CT molecular complexity index is 4930. The van der Waals surface area contributed by atoms with Gasteiger partial charge in [0.15, 0.2) is 0 Å². The van der Waals surface area contributed by atoms with Gasteiger partial charge in [-0.25, -0.2) is 0 Å². The van der Waals surface area contributed by atoms with Crippen LogP contribution in [0.4, 0.5) is 13.2 Å². The zero-order chi connectivity index (χ0) is 57.8. The Morgan fingerprint density at radius 1 is 0.250 bits per heavy atom. The third-order valence-corrected chi connectivity index (χ3v) is 15.6. The number of fused-ring (bicyclic) bond motifs is 6. The van der Waals surface area contributed by atoms with Crippen LogP contribution in [0.2, 0.25) is 0 Å².